The zero-order chi connectivity index (χ0) is 43.4. The van der Waals surface area contributed by atoms with Crippen LogP contribution in [0.3, 0.4) is 0 Å². The lowest BCUT2D eigenvalue weighted by molar-refractivity contribution is -0.133. The van der Waals surface area contributed by atoms with Gasteiger partial charge in [-0.25, -0.2) is 9.34 Å². The van der Waals surface area contributed by atoms with E-state index in [2.05, 4.69) is 26.3 Å². The Kier molecular flexibility index (Phi) is 20.2. The van der Waals surface area contributed by atoms with Crippen LogP contribution in [0.5, 0.6) is 0 Å². The summed E-state index contributed by atoms with van der Waals surface area (Å²) >= 11 is 0. The van der Waals surface area contributed by atoms with Crippen LogP contribution < -0.4 is 32.7 Å². The van der Waals surface area contributed by atoms with E-state index in [4.69, 9.17) is 16.0 Å². The number of hydrogen-bond donors (Lipinski definition) is 6. The summed E-state index contributed by atoms with van der Waals surface area (Å²) < 4.78 is 22.2. The summed E-state index contributed by atoms with van der Waals surface area (Å²) in [6.07, 6.45) is 0.477. The van der Waals surface area contributed by atoms with Crippen molar-refractivity contribution in [1.29, 1.82) is 0 Å². The largest absolute Gasteiger partial charge is 0.370 e. The van der Waals surface area contributed by atoms with Crippen LogP contribution >= 0.6 is 7.67 Å². The normalized spacial score (nSPS) is 15.5. The van der Waals surface area contributed by atoms with Gasteiger partial charge in [0.15, 0.2) is 11.7 Å². The van der Waals surface area contributed by atoms with Gasteiger partial charge in [0.25, 0.3) is 0 Å². The number of nitrogens with zero attached hydrogens (tertiary/aromatic N) is 4. The van der Waals surface area contributed by atoms with Gasteiger partial charge in [0.05, 0.1) is 12.6 Å². The fourth-order valence-corrected chi connectivity index (χ4v) is 8.42. The van der Waals surface area contributed by atoms with Gasteiger partial charge in [-0.2, -0.15) is 0 Å². The maximum atomic E-state index is 14.0. The van der Waals surface area contributed by atoms with Gasteiger partial charge in [-0.05, 0) is 51.4 Å². The average molecular weight is 841 g/mol. The van der Waals surface area contributed by atoms with Crippen molar-refractivity contribution in [2.24, 2.45) is 16.5 Å². The zero-order valence-corrected chi connectivity index (χ0v) is 35.5. The van der Waals surface area contributed by atoms with E-state index in [1.165, 1.54) is 6.92 Å². The summed E-state index contributed by atoms with van der Waals surface area (Å²) in [6, 6.07) is 15.0. The molecule has 1 aliphatic heterocycles. The monoisotopic (exact) mass is 840 g/mol. The molecule has 5 amide bonds. The third-order valence-electron chi connectivity index (χ3n) is 9.57. The van der Waals surface area contributed by atoms with Crippen molar-refractivity contribution in [2.45, 2.75) is 76.9 Å². The first-order valence-electron chi connectivity index (χ1n) is 19.9. The van der Waals surface area contributed by atoms with Gasteiger partial charge in [0.2, 0.25) is 29.5 Å². The second kappa shape index (κ2) is 24.7. The van der Waals surface area contributed by atoms with Gasteiger partial charge >= 0.3 is 7.67 Å². The zero-order valence-electron chi connectivity index (χ0n) is 34.6. The van der Waals surface area contributed by atoms with E-state index in [0.717, 1.165) is 11.1 Å². The maximum absolute atomic E-state index is 14.0. The summed E-state index contributed by atoms with van der Waals surface area (Å²) in [5, 5.41) is 10.9. The van der Waals surface area contributed by atoms with E-state index in [9.17, 15) is 33.3 Å². The molecule has 18 nitrogen and oxygen atoms in total. The number of hydrogen-bond acceptors (Lipinski definition) is 9. The molecule has 1 saturated heterocycles. The Hall–Kier alpha value is -5.16. The lowest BCUT2D eigenvalue weighted by Gasteiger charge is -2.40. The number of Topliss-reactive ketones (excluding diaryl/α,β-unsaturated/α-hetero) is 1. The molecule has 19 heteroatoms. The van der Waals surface area contributed by atoms with Crippen LogP contribution in [0.15, 0.2) is 65.7 Å². The first kappa shape index (κ1) is 48.2. The number of nitrogens with two attached hydrogens (primary N) is 2. The fourth-order valence-electron chi connectivity index (χ4n) is 6.50. The van der Waals surface area contributed by atoms with Crippen LogP contribution in [-0.2, 0) is 50.7 Å². The van der Waals surface area contributed by atoms with Crippen LogP contribution in [0.1, 0.15) is 57.1 Å². The molecule has 0 aliphatic carbocycles. The van der Waals surface area contributed by atoms with Gasteiger partial charge in [-0.15, -0.1) is 0 Å². The molecule has 0 aromatic heterocycles. The number of guanidine groups is 1. The molecule has 59 heavy (non-hydrogen) atoms. The topological polar surface area (TPSA) is 251 Å². The predicted molar refractivity (Wildman–Crippen MR) is 225 cm³/mol. The van der Waals surface area contributed by atoms with Gasteiger partial charge in [-0.1, -0.05) is 60.7 Å². The van der Waals surface area contributed by atoms with Crippen molar-refractivity contribution in [3.05, 3.63) is 71.8 Å². The van der Waals surface area contributed by atoms with Crippen molar-refractivity contribution >= 4 is 48.9 Å². The highest BCUT2D eigenvalue weighted by molar-refractivity contribution is 7.53. The minimum absolute atomic E-state index is 0.0523. The molecule has 2 aromatic rings. The van der Waals surface area contributed by atoms with Crippen LogP contribution in [0.2, 0.25) is 0 Å². The SMILES string of the molecule is CCOP(=O)(N(C)C)N1CCN(C(=O)CCNC(=O)CCC(=O)C(Cc2ccccc2)NC(=O)C(Cc2ccccc2)NC(=O)C(CCCN=C(N)N)NC(C)=O)CC1. The Morgan fingerprint density at radius 3 is 1.90 bits per heavy atom. The molecule has 1 fully saturated rings. The van der Waals surface area contributed by atoms with Crippen molar-refractivity contribution in [3.8, 4) is 0 Å². The highest BCUT2D eigenvalue weighted by Crippen LogP contribution is 2.52. The van der Waals surface area contributed by atoms with Crippen LogP contribution in [-0.4, -0.2) is 134 Å². The minimum Gasteiger partial charge on any atom is -0.370 e. The van der Waals surface area contributed by atoms with Gasteiger partial charge < -0.3 is 42.2 Å². The first-order valence-corrected chi connectivity index (χ1v) is 21.4. The average Bonchev–Trinajstić information content (AvgIpc) is 3.21. The van der Waals surface area contributed by atoms with E-state index >= 15 is 0 Å². The highest BCUT2D eigenvalue weighted by atomic mass is 31.2. The molecule has 4 atom stereocenters. The molecule has 1 aliphatic rings. The number of carbonyl (C=O) groups excluding carboxylic acids is 6. The Bertz CT molecular complexity index is 1770. The molecule has 0 bridgehead atoms. The summed E-state index contributed by atoms with van der Waals surface area (Å²) in [5.41, 5.74) is 12.3. The standard InChI is InChI=1S/C40H61N10O8P/c1-5-58-59(57,48(3)4)50-25-23-49(24-26-50)37(54)20-22-43-36(53)19-18-35(52)33(27-30-13-8-6-9-14-30)46-39(56)34(28-31-15-10-7-11-16-31)47-38(55)32(45-29(2)51)17-12-21-44-40(41)42/h6-11,13-16,32-34H,5,12,17-28H2,1-4H3,(H,43,53)(H,45,51)(H,46,56)(H,47,55)(H4,41,42,44). The third kappa shape index (κ3) is 16.6. The van der Waals surface area contributed by atoms with Crippen LogP contribution in [0.25, 0.3) is 0 Å². The second-order valence-electron chi connectivity index (χ2n) is 14.4. The van der Waals surface area contributed by atoms with Crippen molar-refractivity contribution < 1.29 is 37.9 Å². The number of aliphatic imine (C=N–C) groups is 1. The number of amides is 5. The van der Waals surface area contributed by atoms with Gasteiger partial charge in [0.1, 0.15) is 12.1 Å². The lowest BCUT2D eigenvalue weighted by atomic mass is 9.98. The number of benzene rings is 2. The summed E-state index contributed by atoms with van der Waals surface area (Å²) in [4.78, 5) is 84.7. The smallest absolute Gasteiger partial charge is 0.345 e. The molecule has 1 heterocycles. The summed E-state index contributed by atoms with van der Waals surface area (Å²) in [7, 11) is 0.230. The van der Waals surface area contributed by atoms with E-state index in [-0.39, 0.29) is 63.5 Å². The van der Waals surface area contributed by atoms with Crippen LogP contribution in [0, 0.1) is 0 Å². The fraction of sp³-hybridized carbons (Fsp3) is 0.525. The van der Waals surface area contributed by atoms with E-state index in [1.54, 1.807) is 59.5 Å². The molecule has 4 unspecified atom stereocenters. The summed E-state index contributed by atoms with van der Waals surface area (Å²) in [6.45, 7) is 5.17. The lowest BCUT2D eigenvalue weighted by Crippen LogP contribution is -2.56. The Morgan fingerprint density at radius 1 is 0.797 bits per heavy atom. The number of piperazine rings is 1. The molecule has 324 valence electrons. The van der Waals surface area contributed by atoms with E-state index in [1.807, 2.05) is 36.4 Å². The minimum atomic E-state index is -3.17. The van der Waals surface area contributed by atoms with E-state index in [0.29, 0.717) is 39.2 Å². The van der Waals surface area contributed by atoms with Crippen molar-refractivity contribution in [3.63, 3.8) is 0 Å². The predicted octanol–water partition coefficient (Wildman–Crippen LogP) is 0.706. The summed E-state index contributed by atoms with van der Waals surface area (Å²) in [5.74, 6) is -2.74. The molecule has 0 spiro atoms. The Morgan fingerprint density at radius 2 is 1.36 bits per heavy atom. The Labute approximate surface area is 346 Å². The molecular formula is C40H61N10O8P. The molecule has 8 N–H and O–H groups in total. The van der Waals surface area contributed by atoms with Crippen molar-refractivity contribution in [2.75, 3.05) is 60.0 Å². The third-order valence-corrected chi connectivity index (χ3v) is 12.3. The molecule has 3 rings (SSSR count). The number of carbonyl (C=O) groups is 6. The molecular weight excluding hydrogens is 779 g/mol. The van der Waals surface area contributed by atoms with Gasteiger partial charge in [0, 0.05) is 71.9 Å². The highest BCUT2D eigenvalue weighted by Gasteiger charge is 2.37. The molecule has 0 saturated carbocycles. The van der Waals surface area contributed by atoms with E-state index < -0.39 is 55.2 Å². The first-order chi connectivity index (χ1) is 28.1. The van der Waals surface area contributed by atoms with Gasteiger partial charge in [-0.3, -0.25) is 38.3 Å². The second-order valence-corrected chi connectivity index (χ2v) is 17.0. The number of nitrogens with one attached hydrogen (secondary N) is 4. The molecule has 0 radical (unpaired) electrons. The number of ketones is 1. The van der Waals surface area contributed by atoms with Crippen molar-refractivity contribution in [1.82, 2.24) is 35.5 Å². The van der Waals surface area contributed by atoms with Crippen LogP contribution in [0.4, 0.5) is 0 Å². The quantitative estimate of drug-likeness (QED) is 0.0370. The number of rotatable bonds is 24. The maximum Gasteiger partial charge on any atom is 0.345 e. The molecule has 2 aromatic carbocycles. The Balaban J connectivity index is 1.63.